The van der Waals surface area contributed by atoms with Crippen LogP contribution in [0.15, 0.2) is 18.2 Å². The molecule has 2 N–H and O–H groups in total. The van der Waals surface area contributed by atoms with Gasteiger partial charge in [0.25, 0.3) is 0 Å². The van der Waals surface area contributed by atoms with Crippen LogP contribution in [-0.4, -0.2) is 32.8 Å². The predicted molar refractivity (Wildman–Crippen MR) is 75.3 cm³/mol. The molecule has 1 unspecified atom stereocenters. The lowest BCUT2D eigenvalue weighted by atomic mass is 10.1. The molecular weight excluding hydrogens is 224 g/mol. The molecule has 100 valence electrons. The fourth-order valence-electron chi connectivity index (χ4n) is 2.54. The van der Waals surface area contributed by atoms with Crippen LogP contribution in [0.5, 0.6) is 5.75 Å². The van der Waals surface area contributed by atoms with E-state index in [-0.39, 0.29) is 0 Å². The number of piperidine rings is 1. The standard InChI is InChI=1S/C15H24N2O/c1-12-5-6-15(18-2)13(10-12)7-9-17-14-4-3-8-16-11-14/h5-6,10,14,16-17H,3-4,7-9,11H2,1-2H3. The maximum atomic E-state index is 5.40. The molecule has 0 saturated carbocycles. The Labute approximate surface area is 110 Å². The van der Waals surface area contributed by atoms with E-state index in [4.69, 9.17) is 4.74 Å². The molecule has 0 bridgehead atoms. The number of ether oxygens (including phenoxy) is 1. The first-order valence-corrected chi connectivity index (χ1v) is 6.87. The molecule has 1 heterocycles. The second-order valence-electron chi connectivity index (χ2n) is 5.06. The highest BCUT2D eigenvalue weighted by Crippen LogP contribution is 2.19. The van der Waals surface area contributed by atoms with Crippen LogP contribution < -0.4 is 15.4 Å². The van der Waals surface area contributed by atoms with Crippen molar-refractivity contribution in [2.45, 2.75) is 32.2 Å². The van der Waals surface area contributed by atoms with Gasteiger partial charge in [-0.2, -0.15) is 0 Å². The van der Waals surface area contributed by atoms with Crippen LogP contribution in [0.3, 0.4) is 0 Å². The Kier molecular flexibility index (Phi) is 5.02. The Balaban J connectivity index is 1.83. The average molecular weight is 248 g/mol. The van der Waals surface area contributed by atoms with Crippen molar-refractivity contribution < 1.29 is 4.74 Å². The molecule has 0 aromatic heterocycles. The molecule has 18 heavy (non-hydrogen) atoms. The van der Waals surface area contributed by atoms with Crippen LogP contribution in [-0.2, 0) is 6.42 Å². The van der Waals surface area contributed by atoms with E-state index < -0.39 is 0 Å². The summed E-state index contributed by atoms with van der Waals surface area (Å²) in [5.41, 5.74) is 2.60. The summed E-state index contributed by atoms with van der Waals surface area (Å²) in [6.07, 6.45) is 3.60. The van der Waals surface area contributed by atoms with Gasteiger partial charge in [-0.05, 0) is 50.9 Å². The second kappa shape index (κ2) is 6.76. The highest BCUT2D eigenvalue weighted by molar-refractivity contribution is 5.37. The van der Waals surface area contributed by atoms with Crippen molar-refractivity contribution in [3.8, 4) is 5.75 Å². The minimum Gasteiger partial charge on any atom is -0.496 e. The summed E-state index contributed by atoms with van der Waals surface area (Å²) in [6.45, 7) is 5.42. The van der Waals surface area contributed by atoms with Gasteiger partial charge < -0.3 is 15.4 Å². The number of nitrogens with one attached hydrogen (secondary N) is 2. The van der Waals surface area contributed by atoms with Gasteiger partial charge in [0.1, 0.15) is 5.75 Å². The van der Waals surface area contributed by atoms with Crippen LogP contribution in [0.25, 0.3) is 0 Å². The van der Waals surface area contributed by atoms with Crippen molar-refractivity contribution >= 4 is 0 Å². The third kappa shape index (κ3) is 3.72. The van der Waals surface area contributed by atoms with Crippen molar-refractivity contribution in [1.29, 1.82) is 0 Å². The van der Waals surface area contributed by atoms with Crippen LogP contribution in [0.4, 0.5) is 0 Å². The minimum atomic E-state index is 0.634. The monoisotopic (exact) mass is 248 g/mol. The Morgan fingerprint density at radius 2 is 2.33 bits per heavy atom. The summed E-state index contributed by atoms with van der Waals surface area (Å²) in [5, 5.41) is 7.05. The molecule has 1 atom stereocenters. The number of aryl methyl sites for hydroxylation is 1. The second-order valence-corrected chi connectivity index (χ2v) is 5.06. The van der Waals surface area contributed by atoms with Crippen LogP contribution in [0.1, 0.15) is 24.0 Å². The molecule has 1 aliphatic rings. The lowest BCUT2D eigenvalue weighted by molar-refractivity contribution is 0.387. The Bertz CT molecular complexity index is 373. The maximum absolute atomic E-state index is 5.40. The number of hydrogen-bond acceptors (Lipinski definition) is 3. The van der Waals surface area contributed by atoms with Crippen molar-refractivity contribution in [3.05, 3.63) is 29.3 Å². The topological polar surface area (TPSA) is 33.3 Å². The molecule has 1 aromatic carbocycles. The van der Waals surface area contributed by atoms with Gasteiger partial charge in [0.2, 0.25) is 0 Å². The minimum absolute atomic E-state index is 0.634. The Morgan fingerprint density at radius 1 is 1.44 bits per heavy atom. The average Bonchev–Trinajstić information content (AvgIpc) is 2.40. The van der Waals surface area contributed by atoms with E-state index in [2.05, 4.69) is 35.8 Å². The number of rotatable bonds is 5. The van der Waals surface area contributed by atoms with Gasteiger partial charge in [0.05, 0.1) is 7.11 Å². The zero-order valence-electron chi connectivity index (χ0n) is 11.5. The first-order valence-electron chi connectivity index (χ1n) is 6.87. The highest BCUT2D eigenvalue weighted by atomic mass is 16.5. The van der Waals surface area contributed by atoms with Gasteiger partial charge >= 0.3 is 0 Å². The highest BCUT2D eigenvalue weighted by Gasteiger charge is 2.12. The maximum Gasteiger partial charge on any atom is 0.122 e. The van der Waals surface area contributed by atoms with E-state index in [0.717, 1.165) is 25.3 Å². The van der Waals surface area contributed by atoms with E-state index in [0.29, 0.717) is 6.04 Å². The smallest absolute Gasteiger partial charge is 0.122 e. The van der Waals surface area contributed by atoms with E-state index in [1.807, 2.05) is 0 Å². The molecule has 1 aromatic rings. The molecule has 1 aliphatic heterocycles. The summed E-state index contributed by atoms with van der Waals surface area (Å²) in [5.74, 6) is 1.00. The van der Waals surface area contributed by atoms with Crippen LogP contribution >= 0.6 is 0 Å². The molecule has 0 amide bonds. The van der Waals surface area contributed by atoms with Crippen LogP contribution in [0.2, 0.25) is 0 Å². The molecule has 0 radical (unpaired) electrons. The van der Waals surface area contributed by atoms with Gasteiger partial charge in [-0.25, -0.2) is 0 Å². The quantitative estimate of drug-likeness (QED) is 0.835. The van der Waals surface area contributed by atoms with Crippen molar-refractivity contribution in [2.24, 2.45) is 0 Å². The summed E-state index contributed by atoms with van der Waals surface area (Å²) in [4.78, 5) is 0. The Morgan fingerprint density at radius 3 is 3.06 bits per heavy atom. The first kappa shape index (κ1) is 13.4. The van der Waals surface area contributed by atoms with E-state index in [1.165, 1.54) is 30.5 Å². The molecule has 3 heteroatoms. The molecule has 0 spiro atoms. The summed E-state index contributed by atoms with van der Waals surface area (Å²) in [7, 11) is 1.74. The van der Waals surface area contributed by atoms with E-state index in [1.54, 1.807) is 7.11 Å². The molecule has 1 saturated heterocycles. The molecule has 2 rings (SSSR count). The van der Waals surface area contributed by atoms with Gasteiger partial charge in [-0.1, -0.05) is 17.7 Å². The van der Waals surface area contributed by atoms with Crippen LogP contribution in [0, 0.1) is 6.92 Å². The SMILES string of the molecule is COc1ccc(C)cc1CCNC1CCCNC1. The van der Waals surface area contributed by atoms with E-state index >= 15 is 0 Å². The normalized spacial score (nSPS) is 19.8. The summed E-state index contributed by atoms with van der Waals surface area (Å²) < 4.78 is 5.40. The Hall–Kier alpha value is -1.06. The lowest BCUT2D eigenvalue weighted by Gasteiger charge is -2.24. The number of methoxy groups -OCH3 is 1. The van der Waals surface area contributed by atoms with Gasteiger partial charge in [-0.15, -0.1) is 0 Å². The molecule has 3 nitrogen and oxygen atoms in total. The summed E-state index contributed by atoms with van der Waals surface area (Å²) >= 11 is 0. The largest absolute Gasteiger partial charge is 0.496 e. The molecule has 0 aliphatic carbocycles. The van der Waals surface area contributed by atoms with Gasteiger partial charge in [0, 0.05) is 12.6 Å². The zero-order valence-corrected chi connectivity index (χ0v) is 11.5. The third-order valence-electron chi connectivity index (χ3n) is 3.56. The predicted octanol–water partition coefficient (Wildman–Crippen LogP) is 1.89. The fraction of sp³-hybridized carbons (Fsp3) is 0.600. The molecular formula is C15H24N2O. The van der Waals surface area contributed by atoms with Gasteiger partial charge in [-0.3, -0.25) is 0 Å². The van der Waals surface area contributed by atoms with Crippen molar-refractivity contribution in [2.75, 3.05) is 26.7 Å². The van der Waals surface area contributed by atoms with E-state index in [9.17, 15) is 0 Å². The van der Waals surface area contributed by atoms with Crippen molar-refractivity contribution in [3.63, 3.8) is 0 Å². The molecule has 1 fully saturated rings. The number of hydrogen-bond donors (Lipinski definition) is 2. The zero-order chi connectivity index (χ0) is 12.8. The summed E-state index contributed by atoms with van der Waals surface area (Å²) in [6, 6.07) is 7.02. The van der Waals surface area contributed by atoms with Gasteiger partial charge in [0.15, 0.2) is 0 Å². The first-order chi connectivity index (χ1) is 8.79. The number of benzene rings is 1. The lowest BCUT2D eigenvalue weighted by Crippen LogP contribution is -2.43. The third-order valence-corrected chi connectivity index (χ3v) is 3.56. The fourth-order valence-corrected chi connectivity index (χ4v) is 2.54. The van der Waals surface area contributed by atoms with Crippen molar-refractivity contribution in [1.82, 2.24) is 10.6 Å².